The number of methoxy groups -OCH3 is 1. The summed E-state index contributed by atoms with van der Waals surface area (Å²) in [6, 6.07) is 5.29. The molecule has 1 aliphatic rings. The maximum absolute atomic E-state index is 13.8. The van der Waals surface area contributed by atoms with E-state index in [1.165, 1.54) is 30.8 Å². The molecule has 1 aromatic carbocycles. The number of alkyl carbamates (subject to hydrolysis) is 1. The van der Waals surface area contributed by atoms with Gasteiger partial charge in [-0.25, -0.2) is 9.59 Å². The zero-order chi connectivity index (χ0) is 31.6. The summed E-state index contributed by atoms with van der Waals surface area (Å²) in [6.45, 7) is 5.75. The molecule has 2 rings (SSSR count). The van der Waals surface area contributed by atoms with E-state index < -0.39 is 72.5 Å². The summed E-state index contributed by atoms with van der Waals surface area (Å²) < 4.78 is 49.4. The Morgan fingerprint density at radius 1 is 0.952 bits per heavy atom. The molecule has 0 aliphatic carbocycles. The lowest BCUT2D eigenvalue weighted by atomic mass is 9.97. The topological polar surface area (TPSA) is 134 Å². The molecule has 42 heavy (non-hydrogen) atoms. The zero-order valence-corrected chi connectivity index (χ0v) is 24.4. The molecule has 0 unspecified atom stereocenters. The summed E-state index contributed by atoms with van der Waals surface area (Å²) in [5, 5.41) is 4.67. The number of halogens is 3. The number of benzene rings is 1. The van der Waals surface area contributed by atoms with Gasteiger partial charge < -0.3 is 29.9 Å². The first kappa shape index (κ1) is 34.4. The van der Waals surface area contributed by atoms with E-state index in [1.54, 1.807) is 44.2 Å². The van der Waals surface area contributed by atoms with Crippen LogP contribution in [0.1, 0.15) is 46.1 Å². The van der Waals surface area contributed by atoms with Gasteiger partial charge in [0.25, 0.3) is 5.78 Å². The summed E-state index contributed by atoms with van der Waals surface area (Å²) in [7, 11) is 1.23. The number of amides is 4. The highest BCUT2D eigenvalue weighted by molar-refractivity contribution is 5.95. The highest BCUT2D eigenvalue weighted by atomic mass is 19.4. The minimum absolute atomic E-state index is 0.0480. The van der Waals surface area contributed by atoms with Crippen LogP contribution >= 0.6 is 0 Å². The number of rotatable bonds is 11. The van der Waals surface area contributed by atoms with E-state index in [2.05, 4.69) is 10.6 Å². The summed E-state index contributed by atoms with van der Waals surface area (Å²) in [4.78, 5) is 66.0. The van der Waals surface area contributed by atoms with Crippen LogP contribution in [0.5, 0.6) is 0 Å². The van der Waals surface area contributed by atoms with Gasteiger partial charge in [0.2, 0.25) is 11.8 Å². The van der Waals surface area contributed by atoms with Gasteiger partial charge in [-0.1, -0.05) is 58.0 Å². The van der Waals surface area contributed by atoms with Gasteiger partial charge >= 0.3 is 18.4 Å². The van der Waals surface area contributed by atoms with E-state index in [-0.39, 0.29) is 32.5 Å². The molecular weight excluding hydrogens is 561 g/mol. The van der Waals surface area contributed by atoms with Gasteiger partial charge in [-0.3, -0.25) is 14.4 Å². The molecule has 0 spiro atoms. The number of carbonyl (C=O) groups is 5. The van der Waals surface area contributed by atoms with Crippen molar-refractivity contribution in [2.24, 2.45) is 11.8 Å². The number of ketones is 1. The van der Waals surface area contributed by atoms with Gasteiger partial charge in [-0.2, -0.15) is 13.2 Å². The molecule has 0 aromatic heterocycles. The molecular formula is C28H39F3N4O7. The lowest BCUT2D eigenvalue weighted by molar-refractivity contribution is -0.175. The molecule has 1 heterocycles. The second kappa shape index (κ2) is 15.4. The minimum atomic E-state index is -5.16. The van der Waals surface area contributed by atoms with Crippen LogP contribution in [-0.4, -0.2) is 90.6 Å². The number of alkyl halides is 3. The van der Waals surface area contributed by atoms with Crippen molar-refractivity contribution in [3.05, 3.63) is 35.9 Å². The highest BCUT2D eigenvalue weighted by Crippen LogP contribution is 2.23. The molecule has 1 saturated heterocycles. The van der Waals surface area contributed by atoms with Crippen LogP contribution in [0, 0.1) is 11.8 Å². The Balaban J connectivity index is 2.24. The SMILES string of the molecule is COC(=O)N1CCC(N(CC(=O)N[C@@H](C(=O)C(F)(F)F)C(C)C)C(=O)[C@@H](NC(=O)OCc2ccccc2)C(C)C)CC1. The van der Waals surface area contributed by atoms with Crippen molar-refractivity contribution in [3.63, 3.8) is 0 Å². The Hall–Kier alpha value is -3.84. The highest BCUT2D eigenvalue weighted by Gasteiger charge is 2.45. The lowest BCUT2D eigenvalue weighted by Crippen LogP contribution is -2.59. The first-order valence-corrected chi connectivity index (χ1v) is 13.7. The van der Waals surface area contributed by atoms with E-state index in [0.717, 1.165) is 5.56 Å². The fourth-order valence-corrected chi connectivity index (χ4v) is 4.55. The number of nitrogens with zero attached hydrogens (tertiary/aromatic N) is 2. The molecule has 1 fully saturated rings. The monoisotopic (exact) mass is 600 g/mol. The molecule has 2 N–H and O–H groups in total. The number of hydrogen-bond acceptors (Lipinski definition) is 7. The molecule has 4 amide bonds. The van der Waals surface area contributed by atoms with Gasteiger partial charge in [0.1, 0.15) is 12.6 Å². The number of hydrogen-bond donors (Lipinski definition) is 2. The van der Waals surface area contributed by atoms with E-state index in [9.17, 15) is 37.1 Å². The number of ether oxygens (including phenoxy) is 2. The molecule has 14 heteroatoms. The predicted octanol–water partition coefficient (Wildman–Crippen LogP) is 3.27. The third kappa shape index (κ3) is 9.91. The average molecular weight is 601 g/mol. The van der Waals surface area contributed by atoms with Crippen LogP contribution in [-0.2, 0) is 30.5 Å². The van der Waals surface area contributed by atoms with E-state index in [4.69, 9.17) is 9.47 Å². The van der Waals surface area contributed by atoms with Crippen LogP contribution < -0.4 is 10.6 Å². The van der Waals surface area contributed by atoms with Crippen LogP contribution in [0.15, 0.2) is 30.3 Å². The van der Waals surface area contributed by atoms with E-state index >= 15 is 0 Å². The summed E-state index contributed by atoms with van der Waals surface area (Å²) >= 11 is 0. The molecule has 0 radical (unpaired) electrons. The van der Waals surface area contributed by atoms with Crippen molar-refractivity contribution in [3.8, 4) is 0 Å². The lowest BCUT2D eigenvalue weighted by Gasteiger charge is -2.40. The van der Waals surface area contributed by atoms with Crippen LogP contribution in [0.4, 0.5) is 22.8 Å². The standard InChI is InChI=1S/C28H39F3N4O7/c1-17(2)22(24(37)28(29,30)31)32-21(36)15-35(20-11-13-34(14-12-20)27(40)41-5)25(38)23(18(3)4)33-26(39)42-16-19-9-7-6-8-10-19/h6-10,17-18,20,22-23H,11-16H2,1-5H3,(H,32,36)(H,33,39)/t22-,23+/m1/s1. The third-order valence-electron chi connectivity index (χ3n) is 6.90. The minimum Gasteiger partial charge on any atom is -0.453 e. The Labute approximate surface area is 243 Å². The number of likely N-dealkylation sites (tertiary alicyclic amines) is 1. The van der Waals surface area contributed by atoms with Crippen molar-refractivity contribution in [2.45, 2.75) is 71.4 Å². The average Bonchev–Trinajstić information content (AvgIpc) is 2.95. The molecule has 1 aliphatic heterocycles. The summed E-state index contributed by atoms with van der Waals surface area (Å²) in [5.41, 5.74) is 0.726. The molecule has 0 saturated carbocycles. The van der Waals surface area contributed by atoms with Gasteiger partial charge in [-0.05, 0) is 30.2 Å². The summed E-state index contributed by atoms with van der Waals surface area (Å²) in [6.07, 6.45) is -6.10. The van der Waals surface area contributed by atoms with Crippen molar-refractivity contribution < 1.29 is 46.6 Å². The Kier molecular flexibility index (Phi) is 12.6. The predicted molar refractivity (Wildman–Crippen MR) is 145 cm³/mol. The Bertz CT molecular complexity index is 1090. The largest absolute Gasteiger partial charge is 0.453 e. The Morgan fingerprint density at radius 2 is 1.52 bits per heavy atom. The quantitative estimate of drug-likeness (QED) is 0.398. The summed E-state index contributed by atoms with van der Waals surface area (Å²) in [5.74, 6) is -5.06. The normalized spacial score (nSPS) is 15.5. The smallest absolute Gasteiger partial charge is 0.452 e. The van der Waals surface area contributed by atoms with E-state index in [0.29, 0.717) is 0 Å². The second-order valence-electron chi connectivity index (χ2n) is 10.7. The molecule has 11 nitrogen and oxygen atoms in total. The molecule has 1 aromatic rings. The first-order chi connectivity index (χ1) is 19.6. The van der Waals surface area contributed by atoms with Crippen molar-refractivity contribution >= 4 is 29.8 Å². The van der Waals surface area contributed by atoms with Crippen molar-refractivity contribution in [2.75, 3.05) is 26.7 Å². The number of carbonyl (C=O) groups excluding carboxylic acids is 5. The van der Waals surface area contributed by atoms with Gasteiger partial charge in [0.05, 0.1) is 19.7 Å². The van der Waals surface area contributed by atoms with Crippen LogP contribution in [0.25, 0.3) is 0 Å². The second-order valence-corrected chi connectivity index (χ2v) is 10.7. The molecule has 2 atom stereocenters. The van der Waals surface area contributed by atoms with E-state index in [1.807, 2.05) is 0 Å². The molecule has 0 bridgehead atoms. The maximum atomic E-state index is 13.8. The number of piperidine rings is 1. The third-order valence-corrected chi connectivity index (χ3v) is 6.90. The van der Waals surface area contributed by atoms with Crippen LogP contribution in [0.3, 0.4) is 0 Å². The number of Topliss-reactive ketones (excluding diaryl/α,β-unsaturated/α-hetero) is 1. The fourth-order valence-electron chi connectivity index (χ4n) is 4.55. The van der Waals surface area contributed by atoms with Gasteiger partial charge in [0.15, 0.2) is 0 Å². The van der Waals surface area contributed by atoms with Crippen molar-refractivity contribution in [1.29, 1.82) is 0 Å². The first-order valence-electron chi connectivity index (χ1n) is 13.7. The van der Waals surface area contributed by atoms with Gasteiger partial charge in [0, 0.05) is 19.1 Å². The fraction of sp³-hybridized carbons (Fsp3) is 0.607. The maximum Gasteiger partial charge on any atom is 0.452 e. The van der Waals surface area contributed by atoms with Crippen LogP contribution in [0.2, 0.25) is 0 Å². The molecule has 234 valence electrons. The van der Waals surface area contributed by atoms with Crippen molar-refractivity contribution in [1.82, 2.24) is 20.4 Å². The Morgan fingerprint density at radius 3 is 2.02 bits per heavy atom. The number of nitrogens with one attached hydrogen (secondary N) is 2. The zero-order valence-electron chi connectivity index (χ0n) is 24.4. The van der Waals surface area contributed by atoms with Gasteiger partial charge in [-0.15, -0.1) is 0 Å².